The summed E-state index contributed by atoms with van der Waals surface area (Å²) in [6.07, 6.45) is 0.790. The molecule has 0 saturated heterocycles. The van der Waals surface area contributed by atoms with Crippen LogP contribution in [-0.2, 0) is 6.42 Å². The number of nitrogens with one attached hydrogen (secondary N) is 1. The first kappa shape index (κ1) is 21.6. The molecule has 0 unspecified atom stereocenters. The lowest BCUT2D eigenvalue weighted by atomic mass is 10.1. The molecule has 30 heavy (non-hydrogen) atoms. The molecular weight excluding hydrogens is 435 g/mol. The molecule has 6 nitrogen and oxygen atoms in total. The monoisotopic (exact) mass is 449 g/mol. The van der Waals surface area contributed by atoms with Gasteiger partial charge in [0, 0.05) is 6.54 Å². The van der Waals surface area contributed by atoms with Crippen molar-refractivity contribution in [1.29, 1.82) is 5.26 Å². The van der Waals surface area contributed by atoms with E-state index < -0.39 is 17.5 Å². The molecular formula is C20H15Cl2F2N5O. The quantitative estimate of drug-likeness (QED) is 0.433. The fourth-order valence-electron chi connectivity index (χ4n) is 2.80. The summed E-state index contributed by atoms with van der Waals surface area (Å²) >= 11 is 11.6. The molecule has 0 aliphatic rings. The fraction of sp³-hybridized carbons (Fsp3) is 0.150. The van der Waals surface area contributed by atoms with Gasteiger partial charge in [0.25, 0.3) is 5.91 Å². The van der Waals surface area contributed by atoms with E-state index in [9.17, 15) is 18.8 Å². The van der Waals surface area contributed by atoms with Gasteiger partial charge in [-0.25, -0.2) is 13.5 Å². The van der Waals surface area contributed by atoms with Crippen molar-refractivity contribution < 1.29 is 13.6 Å². The van der Waals surface area contributed by atoms with Crippen LogP contribution >= 0.6 is 23.2 Å². The van der Waals surface area contributed by atoms with Gasteiger partial charge in [-0.3, -0.25) is 4.79 Å². The van der Waals surface area contributed by atoms with Gasteiger partial charge in [-0.1, -0.05) is 23.2 Å². The number of rotatable bonds is 6. The number of aromatic nitrogens is 2. The van der Waals surface area contributed by atoms with Crippen molar-refractivity contribution >= 4 is 34.9 Å². The third-order valence-electron chi connectivity index (χ3n) is 4.31. The van der Waals surface area contributed by atoms with Crippen LogP contribution in [0.25, 0.3) is 5.69 Å². The Morgan fingerprint density at radius 1 is 1.20 bits per heavy atom. The molecule has 3 rings (SSSR count). The Morgan fingerprint density at radius 3 is 2.57 bits per heavy atom. The first-order valence-corrected chi connectivity index (χ1v) is 9.53. The van der Waals surface area contributed by atoms with Gasteiger partial charge in [0.1, 0.15) is 29.1 Å². The third-order valence-corrected chi connectivity index (χ3v) is 4.91. The number of nitrogen functional groups attached to an aromatic ring is 1. The lowest BCUT2D eigenvalue weighted by molar-refractivity contribution is 0.0953. The summed E-state index contributed by atoms with van der Waals surface area (Å²) in [6, 6.07) is 9.68. The Kier molecular flexibility index (Phi) is 6.55. The van der Waals surface area contributed by atoms with Gasteiger partial charge in [0.05, 0.1) is 27.0 Å². The molecule has 0 aliphatic carbocycles. The smallest absolute Gasteiger partial charge is 0.252 e. The number of halogens is 4. The van der Waals surface area contributed by atoms with Gasteiger partial charge in [-0.2, -0.15) is 10.4 Å². The standard InChI is InChI=1S/C20H15Cl2F2N5O/c21-15-9-16(22)17(24)8-13(15)20(30)27-7-1-2-18-14(10-25)19(26)29(28-18)12-5-3-11(23)4-6-12/h3-6,8-9H,1-2,7,26H2,(H,27,30). The highest BCUT2D eigenvalue weighted by Gasteiger charge is 2.17. The fourth-order valence-corrected chi connectivity index (χ4v) is 3.27. The number of nitrogens with two attached hydrogens (primary N) is 1. The highest BCUT2D eigenvalue weighted by molar-refractivity contribution is 6.36. The van der Waals surface area contributed by atoms with Crippen molar-refractivity contribution in [2.24, 2.45) is 0 Å². The highest BCUT2D eigenvalue weighted by Crippen LogP contribution is 2.24. The molecule has 3 aromatic rings. The van der Waals surface area contributed by atoms with Crippen molar-refractivity contribution in [3.05, 3.63) is 74.9 Å². The van der Waals surface area contributed by atoms with Gasteiger partial charge in [-0.05, 0) is 49.2 Å². The minimum Gasteiger partial charge on any atom is -0.382 e. The lowest BCUT2D eigenvalue weighted by Crippen LogP contribution is -2.25. The van der Waals surface area contributed by atoms with Crippen LogP contribution in [0.3, 0.4) is 0 Å². The molecule has 0 saturated carbocycles. The van der Waals surface area contributed by atoms with Gasteiger partial charge in [0.2, 0.25) is 0 Å². The number of carbonyl (C=O) groups is 1. The molecule has 1 amide bonds. The number of carbonyl (C=O) groups excluding carboxylic acids is 1. The van der Waals surface area contributed by atoms with E-state index in [1.165, 1.54) is 28.9 Å². The zero-order valence-electron chi connectivity index (χ0n) is 15.4. The minimum atomic E-state index is -0.744. The third kappa shape index (κ3) is 4.53. The summed E-state index contributed by atoms with van der Waals surface area (Å²) < 4.78 is 28.1. The number of nitrogens with zero attached hydrogens (tertiary/aromatic N) is 3. The zero-order valence-corrected chi connectivity index (χ0v) is 16.9. The van der Waals surface area contributed by atoms with Crippen molar-refractivity contribution in [3.63, 3.8) is 0 Å². The predicted molar refractivity (Wildman–Crippen MR) is 110 cm³/mol. The Bertz CT molecular complexity index is 1140. The number of aryl methyl sites for hydroxylation is 1. The van der Waals surface area contributed by atoms with Gasteiger partial charge in [-0.15, -0.1) is 0 Å². The topological polar surface area (TPSA) is 96.7 Å². The van der Waals surface area contributed by atoms with E-state index in [2.05, 4.69) is 10.4 Å². The minimum absolute atomic E-state index is 0.0267. The van der Waals surface area contributed by atoms with Crippen LogP contribution in [0.5, 0.6) is 0 Å². The molecule has 2 aromatic carbocycles. The second kappa shape index (κ2) is 9.11. The number of hydrogen-bond donors (Lipinski definition) is 2. The molecule has 0 atom stereocenters. The molecule has 154 valence electrons. The predicted octanol–water partition coefficient (Wildman–Crippen LogP) is 4.27. The molecule has 0 bridgehead atoms. The van der Waals surface area contributed by atoms with Gasteiger partial charge in [0.15, 0.2) is 0 Å². The summed E-state index contributed by atoms with van der Waals surface area (Å²) in [4.78, 5) is 12.2. The first-order valence-electron chi connectivity index (χ1n) is 8.78. The number of benzene rings is 2. The van der Waals surface area contributed by atoms with Crippen molar-refractivity contribution in [3.8, 4) is 11.8 Å². The van der Waals surface area contributed by atoms with Crippen LogP contribution in [0, 0.1) is 23.0 Å². The Balaban J connectivity index is 1.66. The summed E-state index contributed by atoms with van der Waals surface area (Å²) in [5.74, 6) is -1.55. The van der Waals surface area contributed by atoms with E-state index in [1.54, 1.807) is 0 Å². The van der Waals surface area contributed by atoms with E-state index in [4.69, 9.17) is 28.9 Å². The van der Waals surface area contributed by atoms with E-state index in [0.717, 1.165) is 12.1 Å². The molecule has 3 N–H and O–H groups in total. The average molecular weight is 450 g/mol. The first-order chi connectivity index (χ1) is 14.3. The second-order valence-electron chi connectivity index (χ2n) is 6.31. The molecule has 0 radical (unpaired) electrons. The maximum Gasteiger partial charge on any atom is 0.252 e. The molecule has 10 heteroatoms. The Hall–Kier alpha value is -3.15. The Labute approximate surface area is 180 Å². The van der Waals surface area contributed by atoms with Crippen molar-refractivity contribution in [2.75, 3.05) is 12.3 Å². The normalized spacial score (nSPS) is 10.6. The van der Waals surface area contributed by atoms with Crippen molar-refractivity contribution in [1.82, 2.24) is 15.1 Å². The van der Waals surface area contributed by atoms with E-state index in [1.807, 2.05) is 6.07 Å². The van der Waals surface area contributed by atoms with Gasteiger partial charge < -0.3 is 11.1 Å². The maximum absolute atomic E-state index is 13.6. The van der Waals surface area contributed by atoms with Crippen LogP contribution in [0.1, 0.15) is 28.0 Å². The molecule has 0 fully saturated rings. The molecule has 1 heterocycles. The Morgan fingerprint density at radius 2 is 1.90 bits per heavy atom. The van der Waals surface area contributed by atoms with Crippen LogP contribution in [0.2, 0.25) is 10.0 Å². The van der Waals surface area contributed by atoms with E-state index >= 15 is 0 Å². The van der Waals surface area contributed by atoms with Crippen LogP contribution in [0.15, 0.2) is 36.4 Å². The summed E-state index contributed by atoms with van der Waals surface area (Å²) in [7, 11) is 0. The van der Waals surface area contributed by atoms with E-state index in [-0.39, 0.29) is 33.5 Å². The second-order valence-corrected chi connectivity index (χ2v) is 7.13. The number of amides is 1. The van der Waals surface area contributed by atoms with Crippen LogP contribution in [-0.4, -0.2) is 22.2 Å². The SMILES string of the molecule is N#Cc1c(CCCNC(=O)c2cc(F)c(Cl)cc2Cl)nn(-c2ccc(F)cc2)c1N. The van der Waals surface area contributed by atoms with Crippen molar-refractivity contribution in [2.45, 2.75) is 12.8 Å². The molecule has 1 aromatic heterocycles. The zero-order chi connectivity index (χ0) is 21.8. The largest absolute Gasteiger partial charge is 0.382 e. The molecule has 0 spiro atoms. The van der Waals surface area contributed by atoms with Crippen LogP contribution < -0.4 is 11.1 Å². The number of nitriles is 1. The number of hydrogen-bond acceptors (Lipinski definition) is 4. The summed E-state index contributed by atoms with van der Waals surface area (Å²) in [5, 5.41) is 16.2. The number of anilines is 1. The van der Waals surface area contributed by atoms with Crippen LogP contribution in [0.4, 0.5) is 14.6 Å². The lowest BCUT2D eigenvalue weighted by Gasteiger charge is -2.07. The summed E-state index contributed by atoms with van der Waals surface area (Å²) in [5.41, 5.74) is 7.17. The summed E-state index contributed by atoms with van der Waals surface area (Å²) in [6.45, 7) is 0.230. The highest BCUT2D eigenvalue weighted by atomic mass is 35.5. The maximum atomic E-state index is 13.6. The van der Waals surface area contributed by atoms with Gasteiger partial charge >= 0.3 is 0 Å². The van der Waals surface area contributed by atoms with E-state index in [0.29, 0.717) is 24.2 Å². The average Bonchev–Trinajstić information content (AvgIpc) is 3.03. The molecule has 0 aliphatic heterocycles.